The molecular formula is C14H13N3O. The number of pyridine rings is 1. The summed E-state index contributed by atoms with van der Waals surface area (Å²) in [5.74, 6) is 0.187. The molecule has 90 valence electrons. The van der Waals surface area contributed by atoms with E-state index in [9.17, 15) is 0 Å². The maximum Gasteiger partial charge on any atom is 0.133 e. The van der Waals surface area contributed by atoms with E-state index in [0.717, 1.165) is 16.9 Å². The molecule has 0 spiro atoms. The number of fused-ring (bicyclic) bond motifs is 1. The standard InChI is InChI=1S/C14H13N3O/c18-13-3-1-12(17-9-13)8-16-11-2-4-14-10(7-11)5-6-15-14/h1-7,9,15-16,18H,8H2. The molecule has 0 aliphatic carbocycles. The second kappa shape index (κ2) is 4.41. The van der Waals surface area contributed by atoms with Crippen LogP contribution in [-0.2, 0) is 6.54 Å². The predicted octanol–water partition coefficient (Wildman–Crippen LogP) is 2.88. The van der Waals surface area contributed by atoms with Crippen molar-refractivity contribution in [3.63, 3.8) is 0 Å². The maximum atomic E-state index is 9.15. The molecule has 0 saturated carbocycles. The van der Waals surface area contributed by atoms with E-state index >= 15 is 0 Å². The van der Waals surface area contributed by atoms with E-state index in [1.54, 1.807) is 12.1 Å². The highest BCUT2D eigenvalue weighted by Gasteiger charge is 1.98. The molecule has 0 radical (unpaired) electrons. The van der Waals surface area contributed by atoms with E-state index < -0.39 is 0 Å². The minimum atomic E-state index is 0.187. The molecule has 0 aliphatic heterocycles. The number of rotatable bonds is 3. The van der Waals surface area contributed by atoms with Crippen molar-refractivity contribution in [2.45, 2.75) is 6.54 Å². The number of hydrogen-bond acceptors (Lipinski definition) is 3. The van der Waals surface area contributed by atoms with Crippen LogP contribution in [0.2, 0.25) is 0 Å². The molecule has 0 unspecified atom stereocenters. The molecule has 1 aromatic carbocycles. The number of benzene rings is 1. The van der Waals surface area contributed by atoms with Crippen LogP contribution < -0.4 is 5.32 Å². The van der Waals surface area contributed by atoms with Crippen molar-refractivity contribution < 1.29 is 5.11 Å². The molecule has 0 fully saturated rings. The van der Waals surface area contributed by atoms with Crippen molar-refractivity contribution in [2.75, 3.05) is 5.32 Å². The fourth-order valence-electron chi connectivity index (χ4n) is 1.88. The largest absolute Gasteiger partial charge is 0.506 e. The molecular weight excluding hydrogens is 226 g/mol. The third-order valence-corrected chi connectivity index (χ3v) is 2.84. The zero-order valence-electron chi connectivity index (χ0n) is 9.72. The first-order chi connectivity index (χ1) is 8.81. The third kappa shape index (κ3) is 2.13. The normalized spacial score (nSPS) is 10.7. The smallest absolute Gasteiger partial charge is 0.133 e. The maximum absolute atomic E-state index is 9.15. The summed E-state index contributed by atoms with van der Waals surface area (Å²) >= 11 is 0. The molecule has 4 heteroatoms. The van der Waals surface area contributed by atoms with E-state index in [1.165, 1.54) is 11.6 Å². The Morgan fingerprint density at radius 3 is 2.94 bits per heavy atom. The molecule has 0 atom stereocenters. The lowest BCUT2D eigenvalue weighted by atomic mass is 10.2. The Morgan fingerprint density at radius 2 is 2.11 bits per heavy atom. The number of nitrogens with zero attached hydrogens (tertiary/aromatic N) is 1. The van der Waals surface area contributed by atoms with Gasteiger partial charge in [0.05, 0.1) is 18.4 Å². The molecule has 3 rings (SSSR count). The number of nitrogens with one attached hydrogen (secondary N) is 2. The van der Waals surface area contributed by atoms with Gasteiger partial charge in [0.1, 0.15) is 5.75 Å². The van der Waals surface area contributed by atoms with Crippen molar-refractivity contribution in [3.05, 3.63) is 54.5 Å². The highest BCUT2D eigenvalue weighted by Crippen LogP contribution is 2.18. The van der Waals surface area contributed by atoms with E-state index in [0.29, 0.717) is 6.54 Å². The lowest BCUT2D eigenvalue weighted by Crippen LogP contribution is -2.00. The highest BCUT2D eigenvalue weighted by atomic mass is 16.3. The van der Waals surface area contributed by atoms with E-state index in [2.05, 4.69) is 21.4 Å². The van der Waals surface area contributed by atoms with Crippen LogP contribution in [0.3, 0.4) is 0 Å². The summed E-state index contributed by atoms with van der Waals surface area (Å²) in [6, 6.07) is 11.6. The summed E-state index contributed by atoms with van der Waals surface area (Å²) in [4.78, 5) is 7.29. The molecule has 0 aliphatic rings. The molecule has 0 amide bonds. The van der Waals surface area contributed by atoms with Crippen molar-refractivity contribution >= 4 is 16.6 Å². The van der Waals surface area contributed by atoms with Crippen LogP contribution in [0.15, 0.2) is 48.8 Å². The van der Waals surface area contributed by atoms with Crippen LogP contribution >= 0.6 is 0 Å². The zero-order valence-corrected chi connectivity index (χ0v) is 9.72. The molecule has 4 nitrogen and oxygen atoms in total. The topological polar surface area (TPSA) is 60.9 Å². The Kier molecular flexibility index (Phi) is 2.61. The Balaban J connectivity index is 1.74. The summed E-state index contributed by atoms with van der Waals surface area (Å²) < 4.78 is 0. The third-order valence-electron chi connectivity index (χ3n) is 2.84. The van der Waals surface area contributed by atoms with Crippen molar-refractivity contribution in [3.8, 4) is 5.75 Å². The van der Waals surface area contributed by atoms with Gasteiger partial charge in [0.25, 0.3) is 0 Å². The second-order valence-corrected chi connectivity index (χ2v) is 4.14. The Hall–Kier alpha value is -2.49. The molecule has 0 saturated heterocycles. The first-order valence-electron chi connectivity index (χ1n) is 5.76. The summed E-state index contributed by atoms with van der Waals surface area (Å²) in [5.41, 5.74) is 3.07. The van der Waals surface area contributed by atoms with Gasteiger partial charge in [0, 0.05) is 22.8 Å². The fraction of sp³-hybridized carbons (Fsp3) is 0.0714. The fourth-order valence-corrected chi connectivity index (χ4v) is 1.88. The molecule has 2 aromatic heterocycles. The minimum absolute atomic E-state index is 0.187. The van der Waals surface area contributed by atoms with Crippen molar-refractivity contribution in [1.82, 2.24) is 9.97 Å². The van der Waals surface area contributed by atoms with Gasteiger partial charge in [-0.15, -0.1) is 0 Å². The first-order valence-corrected chi connectivity index (χ1v) is 5.76. The van der Waals surface area contributed by atoms with Gasteiger partial charge in [0.2, 0.25) is 0 Å². The average Bonchev–Trinajstić information content (AvgIpc) is 2.85. The Labute approximate surface area is 104 Å². The Morgan fingerprint density at radius 1 is 1.17 bits per heavy atom. The molecule has 3 aromatic rings. The van der Waals surface area contributed by atoms with Crippen molar-refractivity contribution in [1.29, 1.82) is 0 Å². The number of anilines is 1. The molecule has 18 heavy (non-hydrogen) atoms. The zero-order chi connectivity index (χ0) is 12.4. The van der Waals surface area contributed by atoms with Gasteiger partial charge in [-0.1, -0.05) is 0 Å². The van der Waals surface area contributed by atoms with Crippen LogP contribution in [0.25, 0.3) is 10.9 Å². The van der Waals surface area contributed by atoms with Gasteiger partial charge in [0.15, 0.2) is 0 Å². The monoisotopic (exact) mass is 239 g/mol. The SMILES string of the molecule is Oc1ccc(CNc2ccc3[nH]ccc3c2)nc1. The lowest BCUT2D eigenvalue weighted by Gasteiger charge is -2.06. The number of hydrogen-bond donors (Lipinski definition) is 3. The van der Waals surface area contributed by atoms with E-state index in [-0.39, 0.29) is 5.75 Å². The van der Waals surface area contributed by atoms with Crippen molar-refractivity contribution in [2.24, 2.45) is 0 Å². The van der Waals surface area contributed by atoms with Gasteiger partial charge in [-0.05, 0) is 36.4 Å². The van der Waals surface area contributed by atoms with Crippen LogP contribution in [0.5, 0.6) is 5.75 Å². The number of H-pyrrole nitrogens is 1. The summed E-state index contributed by atoms with van der Waals surface area (Å²) in [7, 11) is 0. The molecule has 2 heterocycles. The average molecular weight is 239 g/mol. The van der Waals surface area contributed by atoms with Crippen LogP contribution in [0.4, 0.5) is 5.69 Å². The molecule has 0 bridgehead atoms. The van der Waals surface area contributed by atoms with Gasteiger partial charge in [-0.2, -0.15) is 0 Å². The highest BCUT2D eigenvalue weighted by molar-refractivity contribution is 5.82. The number of aromatic amines is 1. The molecule has 3 N–H and O–H groups in total. The van der Waals surface area contributed by atoms with Gasteiger partial charge >= 0.3 is 0 Å². The quantitative estimate of drug-likeness (QED) is 0.658. The number of aromatic hydroxyl groups is 1. The first kappa shape index (κ1) is 10.7. The Bertz CT molecular complexity index is 658. The van der Waals surface area contributed by atoms with E-state index in [1.807, 2.05) is 24.4 Å². The summed E-state index contributed by atoms with van der Waals surface area (Å²) in [6.07, 6.45) is 3.38. The summed E-state index contributed by atoms with van der Waals surface area (Å²) in [6.45, 7) is 0.635. The van der Waals surface area contributed by atoms with E-state index in [4.69, 9.17) is 5.11 Å². The van der Waals surface area contributed by atoms with Crippen LogP contribution in [0, 0.1) is 0 Å². The second-order valence-electron chi connectivity index (χ2n) is 4.14. The van der Waals surface area contributed by atoms with Crippen LogP contribution in [-0.4, -0.2) is 15.1 Å². The van der Waals surface area contributed by atoms with Crippen LogP contribution in [0.1, 0.15) is 5.69 Å². The van der Waals surface area contributed by atoms with Gasteiger partial charge in [-0.3, -0.25) is 4.98 Å². The van der Waals surface area contributed by atoms with Gasteiger partial charge in [-0.25, -0.2) is 0 Å². The van der Waals surface area contributed by atoms with Gasteiger partial charge < -0.3 is 15.4 Å². The predicted molar refractivity (Wildman–Crippen MR) is 71.5 cm³/mol. The minimum Gasteiger partial charge on any atom is -0.506 e. The summed E-state index contributed by atoms with van der Waals surface area (Å²) in [5, 5.41) is 13.6. The number of aromatic nitrogens is 2. The lowest BCUT2D eigenvalue weighted by molar-refractivity contribution is 0.472.